The first-order chi connectivity index (χ1) is 6.68. The number of carbonyl (C=O) groups is 5. The van der Waals surface area contributed by atoms with Gasteiger partial charge in [-0.3, -0.25) is 14.4 Å². The summed E-state index contributed by atoms with van der Waals surface area (Å²) in [6.07, 6.45) is -0.806. The van der Waals surface area contributed by atoms with Gasteiger partial charge in [0.25, 0.3) is 0 Å². The molecular weight excluding hydrogens is 216 g/mol. The molecule has 9 nitrogen and oxygen atoms in total. The summed E-state index contributed by atoms with van der Waals surface area (Å²) in [6.45, 7) is 0. The summed E-state index contributed by atoms with van der Waals surface area (Å²) in [4.78, 5) is 47.3. The van der Waals surface area contributed by atoms with Crippen LogP contribution in [0.4, 0.5) is 0 Å². The zero-order chi connectivity index (χ0) is 12.6. The topological polar surface area (TPSA) is 166 Å². The lowest BCUT2D eigenvalue weighted by atomic mass is 10.4. The first kappa shape index (κ1) is 15.0. The minimum atomic E-state index is -1.95. The highest BCUT2D eigenvalue weighted by atomic mass is 16.4. The lowest BCUT2D eigenvalue weighted by molar-refractivity contribution is -0.159. The zero-order valence-corrected chi connectivity index (χ0v) is 7.04. The molecular formula is C6H6O9. The highest BCUT2D eigenvalue weighted by Gasteiger charge is 2.19. The summed E-state index contributed by atoms with van der Waals surface area (Å²) < 4.78 is 0. The summed E-state index contributed by atoms with van der Waals surface area (Å²) >= 11 is 0. The van der Waals surface area contributed by atoms with Gasteiger partial charge >= 0.3 is 29.7 Å². The van der Waals surface area contributed by atoms with E-state index < -0.39 is 36.1 Å². The monoisotopic (exact) mass is 222 g/mol. The Bertz CT molecular complexity index is 274. The average molecular weight is 222 g/mol. The molecule has 9 heteroatoms. The minimum Gasteiger partial charge on any atom is -0.481 e. The molecule has 0 spiro atoms. The molecule has 84 valence electrons. The van der Waals surface area contributed by atoms with Crippen LogP contribution in [0.2, 0.25) is 0 Å². The number of hydrogen-bond acceptors (Lipinski definition) is 5. The zero-order valence-electron chi connectivity index (χ0n) is 7.04. The molecule has 0 atom stereocenters. The Kier molecular flexibility index (Phi) is 7.02. The molecule has 0 rings (SSSR count). The number of carboxylic acids is 4. The van der Waals surface area contributed by atoms with Crippen LogP contribution in [0.1, 0.15) is 6.42 Å². The molecule has 0 aliphatic rings. The van der Waals surface area contributed by atoms with Gasteiger partial charge in [0, 0.05) is 0 Å². The van der Waals surface area contributed by atoms with Crippen molar-refractivity contribution in [2.24, 2.45) is 0 Å². The van der Waals surface area contributed by atoms with Gasteiger partial charge in [0.2, 0.25) is 0 Å². The molecule has 0 aromatic carbocycles. The molecule has 0 bridgehead atoms. The maximum Gasteiger partial charge on any atom is 0.384 e. The molecule has 0 aliphatic carbocycles. The van der Waals surface area contributed by atoms with Gasteiger partial charge in [-0.25, -0.2) is 9.59 Å². The molecule has 0 aliphatic heterocycles. The molecule has 0 saturated carbocycles. The maximum absolute atomic E-state index is 9.64. The maximum atomic E-state index is 9.64. The van der Waals surface area contributed by atoms with E-state index in [1.807, 2.05) is 0 Å². The fourth-order valence-electron chi connectivity index (χ4n) is 0.221. The van der Waals surface area contributed by atoms with Crippen molar-refractivity contribution < 1.29 is 44.4 Å². The second kappa shape index (κ2) is 7.00. The van der Waals surface area contributed by atoms with Crippen LogP contribution in [0, 0.1) is 0 Å². The van der Waals surface area contributed by atoms with Gasteiger partial charge in [-0.15, -0.1) is 0 Å². The van der Waals surface area contributed by atoms with Crippen LogP contribution >= 0.6 is 0 Å². The standard InChI is InChI=1S/C3H2O5.C3H4O4/c4-1(2(5)6)3(7)8;4-2(5)1-3(6)7/h(H,5,6)(H,7,8);1H2,(H,4,5)(H,6,7). The SMILES string of the molecule is O=C(O)C(=O)C(=O)O.O=C(O)CC(=O)O. The Labute approximate surface area is 81.6 Å². The smallest absolute Gasteiger partial charge is 0.384 e. The van der Waals surface area contributed by atoms with Crippen molar-refractivity contribution in [3.8, 4) is 0 Å². The second-order valence-electron chi connectivity index (χ2n) is 1.90. The second-order valence-corrected chi connectivity index (χ2v) is 1.90. The predicted molar refractivity (Wildman–Crippen MR) is 40.2 cm³/mol. The van der Waals surface area contributed by atoms with E-state index in [-0.39, 0.29) is 0 Å². The highest BCUT2D eigenvalue weighted by molar-refractivity contribution is 6.59. The average Bonchev–Trinajstić information content (AvgIpc) is 2.00. The van der Waals surface area contributed by atoms with Gasteiger partial charge in [-0.05, 0) is 0 Å². The van der Waals surface area contributed by atoms with Crippen molar-refractivity contribution in [1.29, 1.82) is 0 Å². The number of carbonyl (C=O) groups excluding carboxylic acids is 1. The van der Waals surface area contributed by atoms with Crippen LogP contribution in [0.3, 0.4) is 0 Å². The number of Topliss-reactive ketones (excluding diaryl/α,β-unsaturated/α-hetero) is 1. The van der Waals surface area contributed by atoms with Crippen molar-refractivity contribution in [3.63, 3.8) is 0 Å². The quantitative estimate of drug-likeness (QED) is 0.319. The van der Waals surface area contributed by atoms with E-state index in [1.165, 1.54) is 0 Å². The van der Waals surface area contributed by atoms with Crippen LogP contribution in [0.25, 0.3) is 0 Å². The van der Waals surface area contributed by atoms with E-state index in [0.29, 0.717) is 0 Å². The van der Waals surface area contributed by atoms with Crippen LogP contribution in [0.5, 0.6) is 0 Å². The third-order valence-corrected chi connectivity index (χ3v) is 0.691. The molecule has 0 amide bonds. The summed E-state index contributed by atoms with van der Waals surface area (Å²) in [7, 11) is 0. The van der Waals surface area contributed by atoms with E-state index in [9.17, 15) is 24.0 Å². The van der Waals surface area contributed by atoms with E-state index in [1.54, 1.807) is 0 Å². The number of aliphatic carboxylic acids is 4. The van der Waals surface area contributed by atoms with Crippen LogP contribution < -0.4 is 0 Å². The Morgan fingerprint density at radius 3 is 0.933 bits per heavy atom. The fourth-order valence-corrected chi connectivity index (χ4v) is 0.221. The van der Waals surface area contributed by atoms with Crippen molar-refractivity contribution in [1.82, 2.24) is 0 Å². The number of hydrogen-bond donors (Lipinski definition) is 4. The van der Waals surface area contributed by atoms with E-state index >= 15 is 0 Å². The fraction of sp³-hybridized carbons (Fsp3) is 0.167. The van der Waals surface area contributed by atoms with Crippen molar-refractivity contribution in [3.05, 3.63) is 0 Å². The molecule has 0 unspecified atom stereocenters. The number of carboxylic acid groups (broad SMARTS) is 4. The Morgan fingerprint density at radius 1 is 0.667 bits per heavy atom. The number of rotatable bonds is 4. The molecule has 0 aromatic rings. The lowest BCUT2D eigenvalue weighted by Gasteiger charge is -1.80. The van der Waals surface area contributed by atoms with E-state index in [2.05, 4.69) is 0 Å². The molecule has 0 heterocycles. The Hall–Kier alpha value is -2.45. The molecule has 0 fully saturated rings. The van der Waals surface area contributed by atoms with Gasteiger partial charge in [0.1, 0.15) is 6.42 Å². The van der Waals surface area contributed by atoms with Gasteiger partial charge < -0.3 is 20.4 Å². The third-order valence-electron chi connectivity index (χ3n) is 0.691. The van der Waals surface area contributed by atoms with Gasteiger partial charge in [-0.2, -0.15) is 0 Å². The van der Waals surface area contributed by atoms with Gasteiger partial charge in [-0.1, -0.05) is 0 Å². The van der Waals surface area contributed by atoms with Crippen LogP contribution in [-0.2, 0) is 24.0 Å². The summed E-state index contributed by atoms with van der Waals surface area (Å²) in [5.74, 6) is -8.33. The Balaban J connectivity index is 0. The molecule has 0 aromatic heterocycles. The van der Waals surface area contributed by atoms with E-state index in [0.717, 1.165) is 0 Å². The van der Waals surface area contributed by atoms with Crippen molar-refractivity contribution in [2.45, 2.75) is 6.42 Å². The highest BCUT2D eigenvalue weighted by Crippen LogP contribution is 1.74. The van der Waals surface area contributed by atoms with E-state index in [4.69, 9.17) is 20.4 Å². The van der Waals surface area contributed by atoms with Crippen LogP contribution in [-0.4, -0.2) is 50.1 Å². The van der Waals surface area contributed by atoms with Gasteiger partial charge in [0.15, 0.2) is 0 Å². The first-order valence-corrected chi connectivity index (χ1v) is 3.12. The first-order valence-electron chi connectivity index (χ1n) is 3.12. The normalized spacial score (nSPS) is 8.00. The molecule has 0 saturated heterocycles. The van der Waals surface area contributed by atoms with Gasteiger partial charge in [0.05, 0.1) is 0 Å². The van der Waals surface area contributed by atoms with Crippen LogP contribution in [0.15, 0.2) is 0 Å². The predicted octanol–water partition coefficient (Wildman–Crippen LogP) is -1.73. The molecule has 15 heavy (non-hydrogen) atoms. The minimum absolute atomic E-state index is 0.806. The summed E-state index contributed by atoms with van der Waals surface area (Å²) in [6, 6.07) is 0. The van der Waals surface area contributed by atoms with Crippen molar-refractivity contribution >= 4 is 29.7 Å². The lowest BCUT2D eigenvalue weighted by Crippen LogP contribution is -2.22. The largest absolute Gasteiger partial charge is 0.481 e. The Morgan fingerprint density at radius 2 is 0.933 bits per heavy atom. The molecule has 4 N–H and O–H groups in total. The van der Waals surface area contributed by atoms with Crippen molar-refractivity contribution in [2.75, 3.05) is 0 Å². The molecule has 0 radical (unpaired) electrons. The number of ketones is 1. The summed E-state index contributed by atoms with van der Waals surface area (Å²) in [5, 5.41) is 30.7. The summed E-state index contributed by atoms with van der Waals surface area (Å²) in [5.41, 5.74) is 0. The third kappa shape index (κ3) is 11.5.